The number of aromatic nitrogens is 1. The van der Waals surface area contributed by atoms with Gasteiger partial charge in [-0.2, -0.15) is 0 Å². The van der Waals surface area contributed by atoms with Gasteiger partial charge in [-0.15, -0.1) is 0 Å². The van der Waals surface area contributed by atoms with Gasteiger partial charge in [0, 0.05) is 58.2 Å². The molecule has 3 aromatic carbocycles. The first-order valence-corrected chi connectivity index (χ1v) is 22.4. The second kappa shape index (κ2) is 15.8. The molecule has 5 N–H and O–H groups in total. The molecule has 8 heteroatoms. The number of benzene rings is 3. The number of nitrogens with zero attached hydrogens (tertiary/aromatic N) is 1. The number of aliphatic hydroxyl groups excluding tert-OH is 1. The highest BCUT2D eigenvalue weighted by molar-refractivity contribution is 5.88. The maximum atomic E-state index is 11.4. The van der Waals surface area contributed by atoms with Gasteiger partial charge in [-0.1, -0.05) is 74.4 Å². The zero-order chi connectivity index (χ0) is 40.1. The van der Waals surface area contributed by atoms with Gasteiger partial charge in [-0.25, -0.2) is 0 Å². The number of aryl methyl sites for hydroxylation is 2. The molecule has 0 radical (unpaired) electrons. The number of nitrogens with one attached hydrogen (secondary N) is 1. The molecule has 2 fully saturated rings. The van der Waals surface area contributed by atoms with Crippen LogP contribution in [0.2, 0.25) is 0 Å². The first-order chi connectivity index (χ1) is 28.8. The molecule has 10 rings (SSSR count). The van der Waals surface area contributed by atoms with Crippen LogP contribution in [0.5, 0.6) is 11.5 Å². The molecule has 4 aliphatic heterocycles. The van der Waals surface area contributed by atoms with E-state index in [2.05, 4.69) is 77.4 Å². The summed E-state index contributed by atoms with van der Waals surface area (Å²) in [5.74, 6) is 9.05. The molecule has 1 saturated carbocycles. The van der Waals surface area contributed by atoms with E-state index in [0.717, 1.165) is 96.8 Å². The summed E-state index contributed by atoms with van der Waals surface area (Å²) in [6.07, 6.45) is 19.0. The summed E-state index contributed by atoms with van der Waals surface area (Å²) >= 11 is 0. The summed E-state index contributed by atoms with van der Waals surface area (Å²) in [5, 5.41) is 28.3. The molecular weight excluding hydrogens is 735 g/mol. The van der Waals surface area contributed by atoms with E-state index in [4.69, 9.17) is 19.9 Å². The van der Waals surface area contributed by atoms with Crippen LogP contribution >= 0.6 is 0 Å². The van der Waals surface area contributed by atoms with E-state index < -0.39 is 12.3 Å². The number of phenols is 1. The molecule has 5 heterocycles. The van der Waals surface area contributed by atoms with Crippen molar-refractivity contribution in [3.8, 4) is 23.3 Å². The fourth-order valence-electron chi connectivity index (χ4n) is 11.7. The fraction of sp³-hybridized carbons (Fsp3) is 0.490. The lowest BCUT2D eigenvalue weighted by atomic mass is 9.51. The Morgan fingerprint density at radius 2 is 1.78 bits per heavy atom. The van der Waals surface area contributed by atoms with Gasteiger partial charge in [0.2, 0.25) is 0 Å². The van der Waals surface area contributed by atoms with Crippen LogP contribution < -0.4 is 15.8 Å². The Morgan fingerprint density at radius 3 is 2.68 bits per heavy atom. The lowest BCUT2D eigenvalue weighted by Gasteiger charge is -2.59. The second-order valence-electron chi connectivity index (χ2n) is 18.4. The van der Waals surface area contributed by atoms with Crippen molar-refractivity contribution in [3.63, 3.8) is 0 Å². The van der Waals surface area contributed by atoms with Crippen molar-refractivity contribution in [3.05, 3.63) is 112 Å². The van der Waals surface area contributed by atoms with Crippen LogP contribution in [0.25, 0.3) is 16.6 Å². The van der Waals surface area contributed by atoms with Gasteiger partial charge in [0.25, 0.3) is 0 Å². The van der Waals surface area contributed by atoms with Crippen LogP contribution in [0.15, 0.2) is 84.2 Å². The van der Waals surface area contributed by atoms with Crippen LogP contribution in [-0.4, -0.2) is 52.0 Å². The number of hydrogen-bond donors (Lipinski definition) is 4. The number of rotatable bonds is 1. The molecule has 0 amide bonds. The van der Waals surface area contributed by atoms with Crippen molar-refractivity contribution in [2.75, 3.05) is 13.2 Å². The van der Waals surface area contributed by atoms with E-state index in [1.54, 1.807) is 6.07 Å². The van der Waals surface area contributed by atoms with E-state index in [9.17, 15) is 10.2 Å². The standard InChI is InChI=1S/C51H59N3O5/c1-33-8-7-10-41-28-40(55)17-13-34-14-18-45(56)46(24-34)58-31-38-26-39(25-37-29-54(30-42(37)38)49-43(32-57-41)36(15-12-33)27-48(52)53-49)51-22-23-59-50(20-5-2-6-21-50)47(51)19-16-35-9-3-4-11-44(35)51/h3-4,9,11,14,18,24-27,29-30,33,40-41,47-48,53,55-56H,2,5-8,10,13,16-17,19-23,28,31-32,52H2,1H3/t33-,40-,41+,47-,48?,51+/m1/s1. The zero-order valence-electron chi connectivity index (χ0n) is 34.5. The molecule has 308 valence electrons. The topological polar surface area (TPSA) is 111 Å². The third-order valence-corrected chi connectivity index (χ3v) is 14.7. The molecule has 1 unspecified atom stereocenters. The molecule has 6 bridgehead atoms. The normalized spacial score (nSPS) is 29.4. The number of aliphatic hydroxyl groups is 1. The highest BCUT2D eigenvalue weighted by Crippen LogP contribution is 2.59. The highest BCUT2D eigenvalue weighted by atomic mass is 16.5. The monoisotopic (exact) mass is 793 g/mol. The van der Waals surface area contributed by atoms with E-state index >= 15 is 0 Å². The van der Waals surface area contributed by atoms with Crippen LogP contribution in [-0.2, 0) is 34.3 Å². The van der Waals surface area contributed by atoms with Gasteiger partial charge in [-0.05, 0) is 123 Å². The summed E-state index contributed by atoms with van der Waals surface area (Å²) in [4.78, 5) is 0. The summed E-state index contributed by atoms with van der Waals surface area (Å²) in [5.41, 5.74) is 14.5. The molecule has 4 aromatic rings. The van der Waals surface area contributed by atoms with Crippen molar-refractivity contribution in [1.82, 2.24) is 9.88 Å². The Hall–Kier alpha value is -4.52. The molecule has 6 aliphatic rings. The molecule has 6 atom stereocenters. The average molecular weight is 794 g/mol. The lowest BCUT2D eigenvalue weighted by molar-refractivity contribution is -0.166. The van der Waals surface area contributed by atoms with Gasteiger partial charge < -0.3 is 40.0 Å². The SMILES string of the molecule is C[C@H]1C#CC2=CC(N)NC3=C2CO[C@@H](CCC1)C[C@H](O)CCc1ccc(O)c(c1)OCc1cc([C@]24CCOC5(CCCCC5)[C@H]2CCc2ccccc24)cc2cn3cc12. The maximum Gasteiger partial charge on any atom is 0.161 e. The highest BCUT2D eigenvalue weighted by Gasteiger charge is 2.58. The molecule has 2 aliphatic carbocycles. The Morgan fingerprint density at radius 1 is 0.898 bits per heavy atom. The van der Waals surface area contributed by atoms with E-state index in [-0.39, 0.29) is 35.4 Å². The average Bonchev–Trinajstić information content (AvgIpc) is 3.67. The molecule has 1 saturated heterocycles. The maximum absolute atomic E-state index is 11.4. The van der Waals surface area contributed by atoms with Crippen LogP contribution in [0.3, 0.4) is 0 Å². The Labute approximate surface area is 348 Å². The predicted octanol–water partition coefficient (Wildman–Crippen LogP) is 8.79. The lowest BCUT2D eigenvalue weighted by Crippen LogP contribution is -2.59. The Bertz CT molecular complexity index is 2350. The first-order valence-electron chi connectivity index (χ1n) is 22.4. The third-order valence-electron chi connectivity index (χ3n) is 14.7. The quantitative estimate of drug-likeness (QED) is 0.143. The minimum atomic E-state index is -0.536. The summed E-state index contributed by atoms with van der Waals surface area (Å²) in [6.45, 7) is 3.55. The Balaban J connectivity index is 1.18. The number of ether oxygens (including phenoxy) is 3. The minimum Gasteiger partial charge on any atom is -0.504 e. The van der Waals surface area contributed by atoms with Gasteiger partial charge in [-0.3, -0.25) is 0 Å². The van der Waals surface area contributed by atoms with E-state index in [1.165, 1.54) is 36.0 Å². The molecule has 1 aromatic heterocycles. The zero-order valence-corrected chi connectivity index (χ0v) is 34.5. The van der Waals surface area contributed by atoms with Crippen molar-refractivity contribution in [2.45, 2.75) is 133 Å². The van der Waals surface area contributed by atoms with Crippen molar-refractivity contribution < 1.29 is 24.4 Å². The number of fused-ring (bicyclic) bond motifs is 10. The molecular formula is C51H59N3O5. The molecule has 1 spiro atoms. The van der Waals surface area contributed by atoms with Crippen LogP contribution in [0.4, 0.5) is 0 Å². The first kappa shape index (κ1) is 38.7. The largest absolute Gasteiger partial charge is 0.504 e. The van der Waals surface area contributed by atoms with Crippen LogP contribution in [0.1, 0.15) is 112 Å². The number of aromatic hydroxyl groups is 1. The van der Waals surface area contributed by atoms with Crippen molar-refractivity contribution in [2.24, 2.45) is 17.6 Å². The van der Waals surface area contributed by atoms with Gasteiger partial charge in [0.1, 0.15) is 12.4 Å². The van der Waals surface area contributed by atoms with Crippen LogP contribution in [0, 0.1) is 23.7 Å². The summed E-state index contributed by atoms with van der Waals surface area (Å²) < 4.78 is 22.6. The minimum absolute atomic E-state index is 0.112. The predicted molar refractivity (Wildman–Crippen MR) is 232 cm³/mol. The summed E-state index contributed by atoms with van der Waals surface area (Å²) in [6, 6.07) is 19.6. The smallest absolute Gasteiger partial charge is 0.161 e. The number of nitrogens with two attached hydrogens (primary N) is 1. The van der Waals surface area contributed by atoms with E-state index in [1.807, 2.05) is 18.2 Å². The number of dihydropyridines is 1. The number of hydrogen-bond acceptors (Lipinski definition) is 7. The van der Waals surface area contributed by atoms with Crippen molar-refractivity contribution in [1.29, 1.82) is 0 Å². The number of phenolic OH excluding ortho intramolecular Hbond substituents is 1. The molecule has 8 nitrogen and oxygen atoms in total. The van der Waals surface area contributed by atoms with E-state index in [0.29, 0.717) is 37.5 Å². The summed E-state index contributed by atoms with van der Waals surface area (Å²) in [7, 11) is 0. The third kappa shape index (κ3) is 7.18. The second-order valence-corrected chi connectivity index (χ2v) is 18.4. The van der Waals surface area contributed by atoms with Gasteiger partial charge >= 0.3 is 0 Å². The van der Waals surface area contributed by atoms with Gasteiger partial charge in [0.05, 0.1) is 30.6 Å². The van der Waals surface area contributed by atoms with Crippen molar-refractivity contribution >= 4 is 16.6 Å². The Kier molecular flexibility index (Phi) is 10.4. The fourth-order valence-corrected chi connectivity index (χ4v) is 11.7. The van der Waals surface area contributed by atoms with Gasteiger partial charge in [0.15, 0.2) is 11.5 Å². The molecule has 59 heavy (non-hydrogen) atoms.